The van der Waals surface area contributed by atoms with Crippen LogP contribution in [0.1, 0.15) is 24.1 Å². The molecule has 2 aliphatic heterocycles. The number of hydrogen-bond acceptors (Lipinski definition) is 4. The van der Waals surface area contributed by atoms with Gasteiger partial charge in [0.25, 0.3) is 5.91 Å². The molecule has 0 spiro atoms. The number of hydrogen-bond donors (Lipinski definition) is 2. The first-order valence-corrected chi connectivity index (χ1v) is 13.4. The van der Waals surface area contributed by atoms with Crippen LogP contribution in [0.15, 0.2) is 109 Å². The summed E-state index contributed by atoms with van der Waals surface area (Å²) in [6.07, 6.45) is 1.95. The van der Waals surface area contributed by atoms with E-state index in [0.717, 1.165) is 11.1 Å². The number of nitrogens with zero attached hydrogens (tertiary/aromatic N) is 2. The maximum atomic E-state index is 14.1. The Morgan fingerprint density at radius 3 is 2.45 bits per heavy atom. The fourth-order valence-electron chi connectivity index (χ4n) is 5.20. The number of nitrogens with one attached hydrogen (secondary N) is 2. The lowest BCUT2D eigenvalue weighted by molar-refractivity contribution is -0.136. The topological polar surface area (TPSA) is 91.0 Å². The standard InChI is InChI=1S/C32H32N4O4/c1-3-18-33-30(37)26(19-22-12-7-5-8-13-22)36-21-27-28(31(36)38)29(34-32(39)35(27)4-2)23-14-11-17-25(20-23)40-24-15-9-6-10-16-24/h3,5-17,20,26,29H,1,4,18-19,21H2,2H3,(H,33,37)(H,34,39)/t26-,29+/m0/s1. The van der Waals surface area contributed by atoms with E-state index in [9.17, 15) is 14.4 Å². The lowest BCUT2D eigenvalue weighted by Crippen LogP contribution is -2.50. The first-order valence-electron chi connectivity index (χ1n) is 13.4. The van der Waals surface area contributed by atoms with Gasteiger partial charge in [0.15, 0.2) is 0 Å². The Morgan fingerprint density at radius 2 is 1.75 bits per heavy atom. The second kappa shape index (κ2) is 11.9. The molecule has 0 radical (unpaired) electrons. The molecule has 3 aromatic rings. The number of rotatable bonds is 10. The normalized spacial score (nSPS) is 17.3. The number of amides is 4. The third kappa shape index (κ3) is 5.47. The molecule has 4 amide bonds. The molecule has 40 heavy (non-hydrogen) atoms. The number of para-hydroxylation sites is 1. The molecule has 5 rings (SSSR count). The SMILES string of the molecule is C=CCNC(=O)[C@H](Cc1ccccc1)N1CC2=C(C1=O)[C@@H](c1cccc(Oc3ccccc3)c1)NC(=O)N2CC. The van der Waals surface area contributed by atoms with Crippen LogP contribution in [0.5, 0.6) is 11.5 Å². The van der Waals surface area contributed by atoms with Gasteiger partial charge >= 0.3 is 6.03 Å². The highest BCUT2D eigenvalue weighted by atomic mass is 16.5. The third-order valence-corrected chi connectivity index (χ3v) is 7.11. The van der Waals surface area contributed by atoms with E-state index in [-0.39, 0.29) is 30.9 Å². The van der Waals surface area contributed by atoms with E-state index < -0.39 is 12.1 Å². The van der Waals surface area contributed by atoms with Gasteiger partial charge < -0.3 is 20.3 Å². The highest BCUT2D eigenvalue weighted by Gasteiger charge is 2.46. The van der Waals surface area contributed by atoms with E-state index in [4.69, 9.17) is 4.74 Å². The molecular weight excluding hydrogens is 504 g/mol. The molecule has 0 bridgehead atoms. The number of benzene rings is 3. The minimum Gasteiger partial charge on any atom is -0.457 e. The van der Waals surface area contributed by atoms with Gasteiger partial charge in [-0.2, -0.15) is 0 Å². The minimum absolute atomic E-state index is 0.158. The van der Waals surface area contributed by atoms with Crippen LogP contribution in [0.4, 0.5) is 4.79 Å². The van der Waals surface area contributed by atoms with Gasteiger partial charge in [-0.15, -0.1) is 6.58 Å². The van der Waals surface area contributed by atoms with Crippen molar-refractivity contribution in [1.82, 2.24) is 20.4 Å². The summed E-state index contributed by atoms with van der Waals surface area (Å²) in [5.41, 5.74) is 2.73. The van der Waals surface area contributed by atoms with Crippen molar-refractivity contribution in [2.75, 3.05) is 19.6 Å². The highest BCUT2D eigenvalue weighted by molar-refractivity contribution is 6.03. The number of urea groups is 1. The summed E-state index contributed by atoms with van der Waals surface area (Å²) in [6, 6.07) is 24.6. The van der Waals surface area contributed by atoms with Crippen LogP contribution in [0.2, 0.25) is 0 Å². The van der Waals surface area contributed by atoms with E-state index in [1.54, 1.807) is 15.9 Å². The molecule has 0 unspecified atom stereocenters. The van der Waals surface area contributed by atoms with Crippen LogP contribution in [0, 0.1) is 0 Å². The van der Waals surface area contributed by atoms with Crippen molar-refractivity contribution in [3.63, 3.8) is 0 Å². The number of likely N-dealkylation sites (N-methyl/N-ethyl adjacent to an activating group) is 1. The summed E-state index contributed by atoms with van der Waals surface area (Å²) in [4.78, 5) is 43.8. The van der Waals surface area contributed by atoms with Crippen molar-refractivity contribution in [3.05, 3.63) is 120 Å². The predicted molar refractivity (Wildman–Crippen MR) is 152 cm³/mol. The van der Waals surface area contributed by atoms with Crippen molar-refractivity contribution >= 4 is 17.8 Å². The Morgan fingerprint density at radius 1 is 1.05 bits per heavy atom. The van der Waals surface area contributed by atoms with Gasteiger partial charge in [-0.3, -0.25) is 14.5 Å². The number of ether oxygens (including phenoxy) is 1. The summed E-state index contributed by atoms with van der Waals surface area (Å²) in [6.45, 7) is 6.39. The molecule has 0 saturated carbocycles. The van der Waals surface area contributed by atoms with Gasteiger partial charge in [0, 0.05) is 19.5 Å². The van der Waals surface area contributed by atoms with Gasteiger partial charge in [0.2, 0.25) is 5.91 Å². The molecule has 2 aliphatic rings. The van der Waals surface area contributed by atoms with Crippen LogP contribution >= 0.6 is 0 Å². The highest BCUT2D eigenvalue weighted by Crippen LogP contribution is 2.38. The molecule has 0 fully saturated rings. The van der Waals surface area contributed by atoms with Crippen LogP contribution < -0.4 is 15.4 Å². The van der Waals surface area contributed by atoms with Gasteiger partial charge in [0.05, 0.1) is 23.9 Å². The molecule has 0 aliphatic carbocycles. The molecule has 2 heterocycles. The molecule has 2 atom stereocenters. The molecular formula is C32H32N4O4. The smallest absolute Gasteiger partial charge is 0.322 e. The Balaban J connectivity index is 1.49. The van der Waals surface area contributed by atoms with E-state index in [1.165, 1.54) is 0 Å². The minimum atomic E-state index is -0.761. The predicted octanol–water partition coefficient (Wildman–Crippen LogP) is 4.57. The number of carbonyl (C=O) groups is 3. The zero-order valence-electron chi connectivity index (χ0n) is 22.4. The fraction of sp³-hybridized carbons (Fsp3) is 0.219. The van der Waals surface area contributed by atoms with Crippen molar-refractivity contribution in [1.29, 1.82) is 0 Å². The first-order chi connectivity index (χ1) is 19.5. The molecule has 3 aromatic carbocycles. The monoisotopic (exact) mass is 536 g/mol. The Hall–Kier alpha value is -4.85. The summed E-state index contributed by atoms with van der Waals surface area (Å²) in [5.74, 6) is 0.726. The van der Waals surface area contributed by atoms with Crippen molar-refractivity contribution in [3.8, 4) is 11.5 Å². The first kappa shape index (κ1) is 26.7. The summed E-state index contributed by atoms with van der Waals surface area (Å²) in [5, 5.41) is 5.87. The zero-order valence-corrected chi connectivity index (χ0v) is 22.4. The Kier molecular flexibility index (Phi) is 7.96. The second-order valence-electron chi connectivity index (χ2n) is 9.65. The Bertz CT molecular complexity index is 1440. The average molecular weight is 537 g/mol. The summed E-state index contributed by atoms with van der Waals surface area (Å²) < 4.78 is 6.02. The Labute approximate surface area is 233 Å². The molecule has 0 saturated heterocycles. The van der Waals surface area contributed by atoms with E-state index in [2.05, 4.69) is 17.2 Å². The largest absolute Gasteiger partial charge is 0.457 e. The van der Waals surface area contributed by atoms with Crippen molar-refractivity contribution in [2.45, 2.75) is 25.4 Å². The van der Waals surface area contributed by atoms with Crippen molar-refractivity contribution < 1.29 is 19.1 Å². The van der Waals surface area contributed by atoms with E-state index >= 15 is 0 Å². The van der Waals surface area contributed by atoms with Crippen LogP contribution in [0.3, 0.4) is 0 Å². The average Bonchev–Trinajstić information content (AvgIpc) is 3.31. The molecule has 0 aromatic heterocycles. The maximum Gasteiger partial charge on any atom is 0.322 e. The molecule has 204 valence electrons. The summed E-state index contributed by atoms with van der Waals surface area (Å²) in [7, 11) is 0. The van der Waals surface area contributed by atoms with E-state index in [0.29, 0.717) is 35.7 Å². The van der Waals surface area contributed by atoms with Gasteiger partial charge in [-0.05, 0) is 42.3 Å². The van der Waals surface area contributed by atoms with E-state index in [1.807, 2.05) is 91.9 Å². The summed E-state index contributed by atoms with van der Waals surface area (Å²) >= 11 is 0. The van der Waals surface area contributed by atoms with Gasteiger partial charge in [0.1, 0.15) is 17.5 Å². The van der Waals surface area contributed by atoms with Gasteiger partial charge in [-0.1, -0.05) is 66.7 Å². The van der Waals surface area contributed by atoms with Crippen LogP contribution in [0.25, 0.3) is 0 Å². The molecule has 8 nitrogen and oxygen atoms in total. The maximum absolute atomic E-state index is 14.1. The van der Waals surface area contributed by atoms with Gasteiger partial charge in [-0.25, -0.2) is 4.79 Å². The quantitative estimate of drug-likeness (QED) is 0.371. The van der Waals surface area contributed by atoms with Crippen LogP contribution in [-0.4, -0.2) is 53.3 Å². The molecule has 2 N–H and O–H groups in total. The zero-order chi connectivity index (χ0) is 28.1. The third-order valence-electron chi connectivity index (χ3n) is 7.11. The van der Waals surface area contributed by atoms with Crippen molar-refractivity contribution in [2.24, 2.45) is 0 Å². The lowest BCUT2D eigenvalue weighted by atomic mass is 9.95. The molecule has 8 heteroatoms. The number of carbonyl (C=O) groups excluding carboxylic acids is 3. The second-order valence-corrected chi connectivity index (χ2v) is 9.65. The lowest BCUT2D eigenvalue weighted by Gasteiger charge is -2.33. The van der Waals surface area contributed by atoms with Crippen LogP contribution in [-0.2, 0) is 16.0 Å². The fourth-order valence-corrected chi connectivity index (χ4v) is 5.20.